The molecule has 3 aromatic rings. The molecule has 152 valence electrons. The fraction of sp³-hybridized carbons (Fsp3) is 0.364. The minimum atomic E-state index is -0.210. The summed E-state index contributed by atoms with van der Waals surface area (Å²) in [5.41, 5.74) is 2.11. The first-order valence-electron chi connectivity index (χ1n) is 9.73. The zero-order valence-corrected chi connectivity index (χ0v) is 17.0. The predicted octanol–water partition coefficient (Wildman–Crippen LogP) is 3.05. The number of nitrogens with zero attached hydrogens (tertiary/aromatic N) is 3. The third kappa shape index (κ3) is 3.97. The van der Waals surface area contributed by atoms with E-state index in [1.807, 2.05) is 49.6 Å². The maximum absolute atomic E-state index is 13.1. The van der Waals surface area contributed by atoms with Gasteiger partial charge in [-0.3, -0.25) is 14.4 Å². The lowest BCUT2D eigenvalue weighted by atomic mass is 10.1. The average Bonchev–Trinajstić information content (AvgIpc) is 3.34. The molecule has 0 bridgehead atoms. The number of amides is 1. The van der Waals surface area contributed by atoms with Crippen LogP contribution in [0.15, 0.2) is 42.6 Å². The Morgan fingerprint density at radius 3 is 2.72 bits per heavy atom. The third-order valence-corrected chi connectivity index (χ3v) is 5.43. The molecule has 0 radical (unpaired) electrons. The summed E-state index contributed by atoms with van der Waals surface area (Å²) >= 11 is 0. The number of likely N-dealkylation sites (tertiary alicyclic amines) is 1. The summed E-state index contributed by atoms with van der Waals surface area (Å²) in [5, 5.41) is 9.35. The van der Waals surface area contributed by atoms with Crippen LogP contribution in [-0.2, 0) is 18.3 Å². The van der Waals surface area contributed by atoms with Crippen LogP contribution in [0.3, 0.4) is 0 Å². The molecule has 0 spiro atoms. The van der Waals surface area contributed by atoms with Crippen molar-refractivity contribution in [2.75, 3.05) is 32.6 Å². The van der Waals surface area contributed by atoms with Gasteiger partial charge in [-0.25, -0.2) is 0 Å². The largest absolute Gasteiger partial charge is 0.496 e. The Kier molecular flexibility index (Phi) is 5.51. The number of ether oxygens (including phenoxy) is 2. The number of fused-ring (bicyclic) bond motifs is 1. The van der Waals surface area contributed by atoms with E-state index in [0.717, 1.165) is 47.3 Å². The van der Waals surface area contributed by atoms with E-state index in [0.29, 0.717) is 12.2 Å². The molecule has 7 heteroatoms. The Morgan fingerprint density at radius 2 is 2.00 bits per heavy atom. The summed E-state index contributed by atoms with van der Waals surface area (Å²) in [7, 11) is 5.23. The molecule has 1 aliphatic rings. The van der Waals surface area contributed by atoms with Gasteiger partial charge in [0.2, 0.25) is 0 Å². The van der Waals surface area contributed by atoms with Crippen LogP contribution in [0.5, 0.6) is 5.75 Å². The summed E-state index contributed by atoms with van der Waals surface area (Å²) in [6.45, 7) is 2.51. The van der Waals surface area contributed by atoms with Crippen molar-refractivity contribution in [3.63, 3.8) is 0 Å². The summed E-state index contributed by atoms with van der Waals surface area (Å²) in [5.74, 6) is 0.567. The number of hydrogen-bond donors (Lipinski definition) is 1. The maximum atomic E-state index is 13.1. The van der Waals surface area contributed by atoms with Crippen molar-refractivity contribution < 1.29 is 14.3 Å². The molecular weight excluding hydrogens is 368 g/mol. The first-order valence-corrected chi connectivity index (χ1v) is 9.73. The summed E-state index contributed by atoms with van der Waals surface area (Å²) in [6.07, 6.45) is 3.19. The molecule has 29 heavy (non-hydrogen) atoms. The monoisotopic (exact) mass is 394 g/mol. The van der Waals surface area contributed by atoms with Gasteiger partial charge >= 0.3 is 0 Å². The van der Waals surface area contributed by atoms with Crippen molar-refractivity contribution in [3.8, 4) is 5.75 Å². The molecule has 1 amide bonds. The van der Waals surface area contributed by atoms with Crippen LogP contribution in [0.1, 0.15) is 22.5 Å². The van der Waals surface area contributed by atoms with Gasteiger partial charge in [0.15, 0.2) is 5.69 Å². The SMILES string of the molecule is COc1ccc(NC(=O)c2nn(C)cc2CN2CCC(OC)C2)c2ccccc12. The minimum Gasteiger partial charge on any atom is -0.496 e. The van der Waals surface area contributed by atoms with E-state index >= 15 is 0 Å². The van der Waals surface area contributed by atoms with Gasteiger partial charge in [0.05, 0.1) is 13.2 Å². The Labute approximate surface area is 170 Å². The first kappa shape index (κ1) is 19.4. The Morgan fingerprint density at radius 1 is 1.21 bits per heavy atom. The Balaban J connectivity index is 1.58. The molecule has 2 heterocycles. The minimum absolute atomic E-state index is 0.210. The molecule has 1 aliphatic heterocycles. The van der Waals surface area contributed by atoms with Crippen LogP contribution in [-0.4, -0.2) is 54.0 Å². The number of carbonyl (C=O) groups excluding carboxylic acids is 1. The first-order chi connectivity index (χ1) is 14.1. The number of anilines is 1. The number of aryl methyl sites for hydroxylation is 1. The number of methoxy groups -OCH3 is 2. The molecule has 4 rings (SSSR count). The summed E-state index contributed by atoms with van der Waals surface area (Å²) in [4.78, 5) is 15.4. The van der Waals surface area contributed by atoms with E-state index in [-0.39, 0.29) is 12.0 Å². The highest BCUT2D eigenvalue weighted by Gasteiger charge is 2.25. The van der Waals surface area contributed by atoms with Gasteiger partial charge in [0.1, 0.15) is 5.75 Å². The van der Waals surface area contributed by atoms with Crippen molar-refractivity contribution in [2.45, 2.75) is 19.1 Å². The molecule has 1 saturated heterocycles. The highest BCUT2D eigenvalue weighted by atomic mass is 16.5. The van der Waals surface area contributed by atoms with Crippen LogP contribution in [0.4, 0.5) is 5.69 Å². The van der Waals surface area contributed by atoms with E-state index in [9.17, 15) is 4.79 Å². The van der Waals surface area contributed by atoms with E-state index in [1.165, 1.54) is 0 Å². The second-order valence-corrected chi connectivity index (χ2v) is 7.37. The lowest BCUT2D eigenvalue weighted by molar-refractivity contribution is 0.101. The van der Waals surface area contributed by atoms with Crippen molar-refractivity contribution in [2.24, 2.45) is 7.05 Å². The van der Waals surface area contributed by atoms with Crippen LogP contribution < -0.4 is 10.1 Å². The zero-order chi connectivity index (χ0) is 20.4. The van der Waals surface area contributed by atoms with E-state index in [2.05, 4.69) is 15.3 Å². The lowest BCUT2D eigenvalue weighted by Gasteiger charge is -2.15. The second-order valence-electron chi connectivity index (χ2n) is 7.37. The zero-order valence-electron chi connectivity index (χ0n) is 17.0. The quantitative estimate of drug-likeness (QED) is 0.696. The van der Waals surface area contributed by atoms with Gasteiger partial charge in [-0.1, -0.05) is 24.3 Å². The normalized spacial score (nSPS) is 17.0. The molecular formula is C22H26N4O3. The van der Waals surface area contributed by atoms with Crippen LogP contribution in [0.2, 0.25) is 0 Å². The third-order valence-electron chi connectivity index (χ3n) is 5.43. The molecule has 0 aliphatic carbocycles. The van der Waals surface area contributed by atoms with Gasteiger partial charge in [-0.05, 0) is 18.6 Å². The van der Waals surface area contributed by atoms with Crippen molar-refractivity contribution in [1.29, 1.82) is 0 Å². The molecule has 1 N–H and O–H groups in total. The topological polar surface area (TPSA) is 68.6 Å². The van der Waals surface area contributed by atoms with E-state index in [1.54, 1.807) is 18.9 Å². The van der Waals surface area contributed by atoms with Gasteiger partial charge in [0, 0.05) is 62.0 Å². The standard InChI is InChI=1S/C22H26N4O3/c1-25-12-15(13-26-11-10-16(14-26)28-2)21(24-25)22(27)23-19-8-9-20(29-3)18-7-5-4-6-17(18)19/h4-9,12,16H,10-11,13-14H2,1-3H3,(H,23,27). The second kappa shape index (κ2) is 8.23. The number of aromatic nitrogens is 2. The van der Waals surface area contributed by atoms with E-state index < -0.39 is 0 Å². The molecule has 0 saturated carbocycles. The molecule has 1 unspecified atom stereocenters. The Hall–Kier alpha value is -2.90. The van der Waals surface area contributed by atoms with Crippen molar-refractivity contribution in [1.82, 2.24) is 14.7 Å². The van der Waals surface area contributed by atoms with Crippen LogP contribution in [0, 0.1) is 0 Å². The summed E-state index contributed by atoms with van der Waals surface area (Å²) < 4.78 is 12.6. The molecule has 7 nitrogen and oxygen atoms in total. The average molecular weight is 394 g/mol. The predicted molar refractivity (Wildman–Crippen MR) is 112 cm³/mol. The number of nitrogens with one attached hydrogen (secondary N) is 1. The molecule has 1 atom stereocenters. The Bertz CT molecular complexity index is 1030. The van der Waals surface area contributed by atoms with E-state index in [4.69, 9.17) is 9.47 Å². The summed E-state index contributed by atoms with van der Waals surface area (Å²) in [6, 6.07) is 11.6. The highest BCUT2D eigenvalue weighted by molar-refractivity contribution is 6.09. The number of benzene rings is 2. The van der Waals surface area contributed by atoms with Crippen molar-refractivity contribution in [3.05, 3.63) is 53.9 Å². The maximum Gasteiger partial charge on any atom is 0.276 e. The number of rotatable bonds is 6. The lowest BCUT2D eigenvalue weighted by Crippen LogP contribution is -2.24. The van der Waals surface area contributed by atoms with Gasteiger partial charge in [-0.15, -0.1) is 0 Å². The molecule has 2 aromatic carbocycles. The van der Waals surface area contributed by atoms with Gasteiger partial charge in [0.25, 0.3) is 5.91 Å². The molecule has 1 fully saturated rings. The van der Waals surface area contributed by atoms with Crippen LogP contribution >= 0.6 is 0 Å². The van der Waals surface area contributed by atoms with Crippen LogP contribution in [0.25, 0.3) is 10.8 Å². The number of carbonyl (C=O) groups is 1. The highest BCUT2D eigenvalue weighted by Crippen LogP contribution is 2.31. The fourth-order valence-electron chi connectivity index (χ4n) is 3.96. The van der Waals surface area contributed by atoms with Gasteiger partial charge < -0.3 is 14.8 Å². The smallest absolute Gasteiger partial charge is 0.276 e. The van der Waals surface area contributed by atoms with Crippen molar-refractivity contribution >= 4 is 22.4 Å². The molecule has 1 aromatic heterocycles. The number of hydrogen-bond acceptors (Lipinski definition) is 5. The fourth-order valence-corrected chi connectivity index (χ4v) is 3.96. The van der Waals surface area contributed by atoms with Gasteiger partial charge in [-0.2, -0.15) is 5.10 Å².